The Hall–Kier alpha value is -3.40. The smallest absolute Gasteiger partial charge is 0.337 e. The number of hydrogen-bond acceptors (Lipinski definition) is 6. The van der Waals surface area contributed by atoms with E-state index in [0.29, 0.717) is 10.5 Å². The van der Waals surface area contributed by atoms with Crippen molar-refractivity contribution in [3.8, 4) is 0 Å². The van der Waals surface area contributed by atoms with Crippen LogP contribution in [0.3, 0.4) is 0 Å². The Morgan fingerprint density at radius 1 is 0.926 bits per heavy atom. The molecule has 138 valence electrons. The van der Waals surface area contributed by atoms with E-state index in [9.17, 15) is 44.4 Å². The Morgan fingerprint density at radius 2 is 1.52 bits per heavy atom. The number of Topliss-reactive ketones (excluding diaryl/α,β-unsaturated/α-hetero) is 1. The van der Waals surface area contributed by atoms with Gasteiger partial charge in [-0.15, -0.1) is 0 Å². The molecule has 1 aromatic carbocycles. The monoisotopic (exact) mass is 390 g/mol. The van der Waals surface area contributed by atoms with E-state index < -0.39 is 46.2 Å². The Bertz CT molecular complexity index is 1000. The zero-order chi connectivity index (χ0) is 20.1. The highest BCUT2D eigenvalue weighted by Gasteiger charge is 2.64. The van der Waals surface area contributed by atoms with Crippen molar-refractivity contribution in [2.24, 2.45) is 5.41 Å². The minimum absolute atomic E-state index is 0.205. The second-order valence-corrected chi connectivity index (χ2v) is 6.80. The van der Waals surface area contributed by atoms with Crippen LogP contribution >= 0.6 is 11.8 Å². The Morgan fingerprint density at radius 3 is 2.04 bits per heavy atom. The molecule has 0 spiro atoms. The van der Waals surface area contributed by atoms with Gasteiger partial charge in [0.05, 0.1) is 11.1 Å². The second kappa shape index (κ2) is 6.09. The van der Waals surface area contributed by atoms with Crippen LogP contribution in [-0.4, -0.2) is 50.1 Å². The van der Waals surface area contributed by atoms with Crippen molar-refractivity contribution in [2.45, 2.75) is 11.3 Å². The number of rotatable bonds is 4. The number of benzene rings is 1. The molecule has 4 N–H and O–H groups in total. The Balaban J connectivity index is 2.43. The van der Waals surface area contributed by atoms with E-state index in [1.165, 1.54) is 0 Å². The first-order chi connectivity index (χ1) is 12.6. The van der Waals surface area contributed by atoms with Crippen LogP contribution in [0.1, 0.15) is 5.56 Å². The average Bonchev–Trinajstić information content (AvgIpc) is 2.59. The van der Waals surface area contributed by atoms with Gasteiger partial charge in [-0.1, -0.05) is 30.0 Å². The van der Waals surface area contributed by atoms with Gasteiger partial charge in [0.1, 0.15) is 0 Å². The average molecular weight is 390 g/mol. The molecule has 0 fully saturated rings. The van der Waals surface area contributed by atoms with Crippen molar-refractivity contribution in [3.05, 3.63) is 51.5 Å². The standard InChI is InChI=1S/C17H10O9S/c18-12-7-5-6-3-1-2-4-8(6)27-11(7)9(13(19)20)10(14(21)22)17(12,15(23)24)16(25)26/h1-4H,5H2,(H,19,20)(H,21,22)(H,23,24)(H,25,26). The largest absolute Gasteiger partial charge is 0.480 e. The molecule has 9 nitrogen and oxygen atoms in total. The van der Waals surface area contributed by atoms with Crippen LogP contribution < -0.4 is 0 Å². The number of carbonyl (C=O) groups is 5. The zero-order valence-corrected chi connectivity index (χ0v) is 14.1. The molecule has 1 heterocycles. The highest BCUT2D eigenvalue weighted by molar-refractivity contribution is 8.03. The first-order valence-corrected chi connectivity index (χ1v) is 8.17. The second-order valence-electron chi connectivity index (χ2n) is 5.74. The van der Waals surface area contributed by atoms with Crippen LogP contribution in [0.15, 0.2) is 50.8 Å². The summed E-state index contributed by atoms with van der Waals surface area (Å²) in [6.07, 6.45) is -0.205. The van der Waals surface area contributed by atoms with Gasteiger partial charge in [0.25, 0.3) is 5.41 Å². The van der Waals surface area contributed by atoms with E-state index in [1.54, 1.807) is 24.3 Å². The lowest BCUT2D eigenvalue weighted by atomic mass is 9.67. The SMILES string of the molecule is O=C(O)C1=C(C(=O)O)C(C(=O)O)(C(=O)O)C(=O)C2=C1Sc1ccccc1C2. The first-order valence-electron chi connectivity index (χ1n) is 7.36. The summed E-state index contributed by atoms with van der Waals surface area (Å²) in [5.41, 5.74) is -5.79. The number of ketones is 1. The van der Waals surface area contributed by atoms with Gasteiger partial charge in [0, 0.05) is 21.8 Å². The van der Waals surface area contributed by atoms with Crippen molar-refractivity contribution in [1.29, 1.82) is 0 Å². The third kappa shape index (κ3) is 2.37. The van der Waals surface area contributed by atoms with E-state index in [-0.39, 0.29) is 16.9 Å². The van der Waals surface area contributed by atoms with E-state index in [4.69, 9.17) is 0 Å². The van der Waals surface area contributed by atoms with Crippen LogP contribution in [-0.2, 0) is 30.4 Å². The maximum atomic E-state index is 12.9. The molecule has 3 rings (SSSR count). The molecule has 0 atom stereocenters. The topological polar surface area (TPSA) is 166 Å². The Kier molecular flexibility index (Phi) is 4.15. The minimum atomic E-state index is -3.54. The molecule has 0 saturated heterocycles. The molecule has 1 aromatic rings. The maximum Gasteiger partial charge on any atom is 0.337 e. The molecule has 27 heavy (non-hydrogen) atoms. The fourth-order valence-corrected chi connectivity index (χ4v) is 4.41. The summed E-state index contributed by atoms with van der Waals surface area (Å²) in [5.74, 6) is -9.90. The molecule has 2 aliphatic rings. The van der Waals surface area contributed by atoms with Gasteiger partial charge in [-0.05, 0) is 11.6 Å². The highest BCUT2D eigenvalue weighted by atomic mass is 32.2. The predicted octanol–water partition coefficient (Wildman–Crippen LogP) is 0.793. The van der Waals surface area contributed by atoms with E-state index in [1.807, 2.05) is 0 Å². The molecule has 0 radical (unpaired) electrons. The lowest BCUT2D eigenvalue weighted by molar-refractivity contribution is -0.166. The zero-order valence-electron chi connectivity index (χ0n) is 13.3. The van der Waals surface area contributed by atoms with Crippen molar-refractivity contribution in [3.63, 3.8) is 0 Å². The fourth-order valence-electron chi connectivity index (χ4n) is 3.19. The third-order valence-corrected chi connectivity index (χ3v) is 5.63. The summed E-state index contributed by atoms with van der Waals surface area (Å²) in [6.45, 7) is 0. The summed E-state index contributed by atoms with van der Waals surface area (Å²) >= 11 is 0.797. The summed E-state index contributed by atoms with van der Waals surface area (Å²) in [5, 5.41) is 38.0. The van der Waals surface area contributed by atoms with E-state index in [0.717, 1.165) is 11.8 Å². The van der Waals surface area contributed by atoms with Crippen molar-refractivity contribution in [1.82, 2.24) is 0 Å². The summed E-state index contributed by atoms with van der Waals surface area (Å²) in [4.78, 5) is 60.4. The summed E-state index contributed by atoms with van der Waals surface area (Å²) in [7, 11) is 0. The number of fused-ring (bicyclic) bond motifs is 1. The van der Waals surface area contributed by atoms with Crippen LogP contribution in [0, 0.1) is 5.41 Å². The van der Waals surface area contributed by atoms with Crippen LogP contribution in [0.4, 0.5) is 0 Å². The number of allylic oxidation sites excluding steroid dienone is 1. The highest BCUT2D eigenvalue weighted by Crippen LogP contribution is 2.51. The quantitative estimate of drug-likeness (QED) is 0.540. The normalized spacial score (nSPS) is 17.9. The molecule has 10 heteroatoms. The van der Waals surface area contributed by atoms with Gasteiger partial charge in [-0.2, -0.15) is 0 Å². The van der Waals surface area contributed by atoms with E-state index >= 15 is 0 Å². The Labute approximate surface area is 154 Å². The predicted molar refractivity (Wildman–Crippen MR) is 88.0 cm³/mol. The number of carboxylic acid groups (broad SMARTS) is 4. The molecule has 0 saturated carbocycles. The van der Waals surface area contributed by atoms with Gasteiger partial charge < -0.3 is 20.4 Å². The fraction of sp³-hybridized carbons (Fsp3) is 0.118. The first kappa shape index (κ1) is 18.4. The number of thioether (sulfide) groups is 1. The number of aliphatic carboxylic acids is 4. The van der Waals surface area contributed by atoms with Gasteiger partial charge >= 0.3 is 23.9 Å². The molecule has 0 unspecified atom stereocenters. The van der Waals surface area contributed by atoms with Gasteiger partial charge in [-0.3, -0.25) is 14.4 Å². The van der Waals surface area contributed by atoms with Crippen LogP contribution in [0.25, 0.3) is 0 Å². The van der Waals surface area contributed by atoms with E-state index in [2.05, 4.69) is 0 Å². The van der Waals surface area contributed by atoms with Gasteiger partial charge in [0.15, 0.2) is 5.78 Å². The number of carboxylic acids is 4. The molecule has 0 aromatic heterocycles. The summed E-state index contributed by atoms with van der Waals surface area (Å²) in [6, 6.07) is 6.56. The summed E-state index contributed by atoms with van der Waals surface area (Å²) < 4.78 is 0. The molecule has 0 amide bonds. The molecular weight excluding hydrogens is 380 g/mol. The van der Waals surface area contributed by atoms with Crippen LogP contribution in [0.2, 0.25) is 0 Å². The lowest BCUT2D eigenvalue weighted by Gasteiger charge is -2.34. The van der Waals surface area contributed by atoms with Crippen molar-refractivity contribution >= 4 is 41.4 Å². The maximum absolute atomic E-state index is 12.9. The molecule has 0 bridgehead atoms. The van der Waals surface area contributed by atoms with Gasteiger partial charge in [-0.25, -0.2) is 9.59 Å². The third-order valence-electron chi connectivity index (χ3n) is 4.36. The van der Waals surface area contributed by atoms with Gasteiger partial charge in [0.2, 0.25) is 0 Å². The molecular formula is C17H10O9S. The minimum Gasteiger partial charge on any atom is -0.480 e. The van der Waals surface area contributed by atoms with Crippen molar-refractivity contribution in [2.75, 3.05) is 0 Å². The molecule has 1 aliphatic carbocycles. The lowest BCUT2D eigenvalue weighted by Crippen LogP contribution is -2.53. The number of hydrogen-bond donors (Lipinski definition) is 4. The van der Waals surface area contributed by atoms with Crippen LogP contribution in [0.5, 0.6) is 0 Å². The number of carbonyl (C=O) groups excluding carboxylic acids is 1. The van der Waals surface area contributed by atoms with Crippen molar-refractivity contribution < 1.29 is 44.4 Å². The molecule has 1 aliphatic heterocycles.